The van der Waals surface area contributed by atoms with Crippen LogP contribution in [0.15, 0.2) is 45.3 Å². The summed E-state index contributed by atoms with van der Waals surface area (Å²) >= 11 is 8.53. The van der Waals surface area contributed by atoms with Crippen LogP contribution < -0.4 is 0 Å². The van der Waals surface area contributed by atoms with Gasteiger partial charge in [0, 0.05) is 19.2 Å². The Labute approximate surface area is 129 Å². The van der Waals surface area contributed by atoms with Crippen LogP contribution in [-0.4, -0.2) is 0 Å². The number of hydrogen-bond acceptors (Lipinski definition) is 1. The summed E-state index contributed by atoms with van der Waals surface area (Å²) in [6, 6.07) is 9.85. The highest BCUT2D eigenvalue weighted by Gasteiger charge is 2.11. The fraction of sp³-hybridized carbons (Fsp3) is 0. The molecule has 0 unspecified atom stereocenters. The van der Waals surface area contributed by atoms with E-state index in [4.69, 9.17) is 0 Å². The van der Waals surface area contributed by atoms with Crippen LogP contribution in [0.2, 0.25) is 0 Å². The Morgan fingerprint density at radius 3 is 2.26 bits per heavy atom. The van der Waals surface area contributed by atoms with Gasteiger partial charge in [-0.05, 0) is 51.8 Å². The molecule has 0 radical (unpaired) electrons. The molecule has 1 aromatic heterocycles. The maximum atomic E-state index is 13.3. The summed E-state index contributed by atoms with van der Waals surface area (Å²) in [5, 5.41) is 1.05. The third kappa shape index (κ3) is 2.35. The Morgan fingerprint density at radius 1 is 0.842 bits per heavy atom. The minimum absolute atomic E-state index is 0.680. The van der Waals surface area contributed by atoms with Crippen LogP contribution >= 0.6 is 43.2 Å². The van der Waals surface area contributed by atoms with E-state index in [2.05, 4.69) is 31.9 Å². The lowest BCUT2D eigenvalue weighted by molar-refractivity contribution is 0.509. The average molecular weight is 404 g/mol. The van der Waals surface area contributed by atoms with Crippen molar-refractivity contribution in [3.63, 3.8) is 0 Å². The molecule has 3 rings (SSSR count). The van der Waals surface area contributed by atoms with Crippen molar-refractivity contribution in [1.29, 1.82) is 0 Å². The summed E-state index contributed by atoms with van der Waals surface area (Å²) in [5.74, 6) is -1.65. The molecule has 0 saturated carbocycles. The Balaban J connectivity index is 2.23. The molecule has 0 bridgehead atoms. The van der Waals surface area contributed by atoms with Crippen molar-refractivity contribution < 1.29 is 8.78 Å². The van der Waals surface area contributed by atoms with Crippen molar-refractivity contribution in [2.45, 2.75) is 0 Å². The molecule has 0 saturated heterocycles. The summed E-state index contributed by atoms with van der Waals surface area (Å²) in [6.07, 6.45) is 0. The van der Waals surface area contributed by atoms with Gasteiger partial charge >= 0.3 is 0 Å². The first-order valence-corrected chi connectivity index (χ1v) is 7.79. The number of halogens is 4. The van der Waals surface area contributed by atoms with Gasteiger partial charge in [0.15, 0.2) is 11.6 Å². The summed E-state index contributed by atoms with van der Waals surface area (Å²) in [6.45, 7) is 0. The lowest BCUT2D eigenvalue weighted by Gasteiger charge is -1.97. The third-order valence-electron chi connectivity index (χ3n) is 2.79. The molecule has 0 spiro atoms. The smallest absolute Gasteiger partial charge is 0.159 e. The van der Waals surface area contributed by atoms with E-state index in [-0.39, 0.29) is 0 Å². The summed E-state index contributed by atoms with van der Waals surface area (Å²) < 4.78 is 29.3. The number of fused-ring (bicyclic) bond motifs is 1. The normalized spacial score (nSPS) is 11.2. The van der Waals surface area contributed by atoms with Crippen molar-refractivity contribution in [1.82, 2.24) is 0 Å². The fourth-order valence-electron chi connectivity index (χ4n) is 1.85. The largest absolute Gasteiger partial charge is 0.204 e. The van der Waals surface area contributed by atoms with Crippen LogP contribution in [0, 0.1) is 11.6 Å². The standard InChI is InChI=1S/C14H6Br2F2S/c15-9-2-3-10(16)14-8(9)6-13(19-14)7-1-4-11(17)12(18)5-7/h1-6H. The molecule has 2 aromatic carbocycles. The topological polar surface area (TPSA) is 0 Å². The molecule has 5 heteroatoms. The van der Waals surface area contributed by atoms with Crippen molar-refractivity contribution in [3.8, 4) is 10.4 Å². The summed E-state index contributed by atoms with van der Waals surface area (Å²) in [5.41, 5.74) is 0.680. The van der Waals surface area contributed by atoms with E-state index in [0.29, 0.717) is 5.56 Å². The lowest BCUT2D eigenvalue weighted by atomic mass is 10.1. The van der Waals surface area contributed by atoms with Gasteiger partial charge in [-0.15, -0.1) is 11.3 Å². The minimum atomic E-state index is -0.827. The zero-order chi connectivity index (χ0) is 13.6. The van der Waals surface area contributed by atoms with Gasteiger partial charge < -0.3 is 0 Å². The predicted molar refractivity (Wildman–Crippen MR) is 82.6 cm³/mol. The molecule has 96 valence electrons. The van der Waals surface area contributed by atoms with Gasteiger partial charge in [-0.3, -0.25) is 0 Å². The van der Waals surface area contributed by atoms with Gasteiger partial charge in [0.05, 0.1) is 4.70 Å². The summed E-state index contributed by atoms with van der Waals surface area (Å²) in [7, 11) is 0. The van der Waals surface area contributed by atoms with Crippen molar-refractivity contribution in [2.24, 2.45) is 0 Å². The molecule has 0 fully saturated rings. The van der Waals surface area contributed by atoms with Gasteiger partial charge in [-0.2, -0.15) is 0 Å². The zero-order valence-corrected chi connectivity index (χ0v) is 13.4. The Bertz CT molecular complexity index is 741. The maximum absolute atomic E-state index is 13.3. The average Bonchev–Trinajstić information content (AvgIpc) is 2.83. The quantitative estimate of drug-likeness (QED) is 0.442. The molecule has 0 aliphatic heterocycles. The molecule has 3 aromatic rings. The number of hydrogen-bond donors (Lipinski definition) is 0. The molecule has 0 amide bonds. The number of benzene rings is 2. The Hall–Kier alpha value is -0.780. The van der Waals surface area contributed by atoms with Gasteiger partial charge in [0.1, 0.15) is 0 Å². The van der Waals surface area contributed by atoms with E-state index in [1.807, 2.05) is 18.2 Å². The highest BCUT2D eigenvalue weighted by atomic mass is 79.9. The molecule has 0 nitrogen and oxygen atoms in total. The number of rotatable bonds is 1. The zero-order valence-electron chi connectivity index (χ0n) is 9.38. The lowest BCUT2D eigenvalue weighted by Crippen LogP contribution is -1.83. The molecular formula is C14H6Br2F2S. The van der Waals surface area contributed by atoms with E-state index in [1.165, 1.54) is 17.4 Å². The van der Waals surface area contributed by atoms with Crippen molar-refractivity contribution >= 4 is 53.3 Å². The Kier molecular flexibility index (Phi) is 3.45. The van der Waals surface area contributed by atoms with Crippen molar-refractivity contribution in [2.75, 3.05) is 0 Å². The number of thiophene rings is 1. The van der Waals surface area contributed by atoms with E-state index >= 15 is 0 Å². The third-order valence-corrected chi connectivity index (χ3v) is 5.62. The van der Waals surface area contributed by atoms with E-state index < -0.39 is 11.6 Å². The molecule has 0 N–H and O–H groups in total. The fourth-order valence-corrected chi connectivity index (χ4v) is 4.10. The van der Waals surface area contributed by atoms with Crippen LogP contribution in [0.5, 0.6) is 0 Å². The first kappa shape index (κ1) is 13.2. The molecule has 0 aliphatic rings. The molecule has 0 aliphatic carbocycles. The second kappa shape index (κ2) is 4.96. The predicted octanol–water partition coefficient (Wildman–Crippen LogP) is 6.37. The highest BCUT2D eigenvalue weighted by molar-refractivity contribution is 9.11. The van der Waals surface area contributed by atoms with Crippen LogP contribution in [0.1, 0.15) is 0 Å². The van der Waals surface area contributed by atoms with Crippen LogP contribution in [0.4, 0.5) is 8.78 Å². The maximum Gasteiger partial charge on any atom is 0.159 e. The van der Waals surface area contributed by atoms with Gasteiger partial charge in [0.25, 0.3) is 0 Å². The summed E-state index contributed by atoms with van der Waals surface area (Å²) in [4.78, 5) is 0.904. The molecule has 1 heterocycles. The van der Waals surface area contributed by atoms with Crippen LogP contribution in [0.25, 0.3) is 20.5 Å². The SMILES string of the molecule is Fc1ccc(-c2cc3c(Br)ccc(Br)c3s2)cc1F. The first-order chi connectivity index (χ1) is 9.06. The minimum Gasteiger partial charge on any atom is -0.204 e. The van der Waals surface area contributed by atoms with Crippen molar-refractivity contribution in [3.05, 3.63) is 57.0 Å². The first-order valence-electron chi connectivity index (χ1n) is 5.39. The second-order valence-electron chi connectivity index (χ2n) is 4.01. The van der Waals surface area contributed by atoms with Crippen LogP contribution in [-0.2, 0) is 0 Å². The van der Waals surface area contributed by atoms with E-state index in [0.717, 1.165) is 30.0 Å². The van der Waals surface area contributed by atoms with Gasteiger partial charge in [0.2, 0.25) is 0 Å². The van der Waals surface area contributed by atoms with E-state index in [9.17, 15) is 8.78 Å². The highest BCUT2D eigenvalue weighted by Crippen LogP contribution is 2.40. The Morgan fingerprint density at radius 2 is 1.58 bits per heavy atom. The second-order valence-corrected chi connectivity index (χ2v) is 6.77. The monoisotopic (exact) mass is 402 g/mol. The van der Waals surface area contributed by atoms with Gasteiger partial charge in [-0.25, -0.2) is 8.78 Å². The molecule has 19 heavy (non-hydrogen) atoms. The van der Waals surface area contributed by atoms with E-state index in [1.54, 1.807) is 6.07 Å². The van der Waals surface area contributed by atoms with Gasteiger partial charge in [-0.1, -0.05) is 22.0 Å². The van der Waals surface area contributed by atoms with Crippen LogP contribution in [0.3, 0.4) is 0 Å². The molecular weight excluding hydrogens is 398 g/mol. The molecule has 0 atom stereocenters.